The number of H-pyrrole nitrogens is 1. The van der Waals surface area contributed by atoms with E-state index in [0.29, 0.717) is 28.7 Å². The molecule has 0 bridgehead atoms. The second kappa shape index (κ2) is 8.01. The molecule has 1 amide bonds. The van der Waals surface area contributed by atoms with Gasteiger partial charge in [0.05, 0.1) is 11.2 Å². The van der Waals surface area contributed by atoms with Gasteiger partial charge in [0.2, 0.25) is 5.91 Å². The number of pyridine rings is 1. The van der Waals surface area contributed by atoms with Crippen LogP contribution in [0.15, 0.2) is 41.2 Å². The maximum Gasteiger partial charge on any atom is 0.349 e. The van der Waals surface area contributed by atoms with Crippen molar-refractivity contribution < 1.29 is 9.18 Å². The summed E-state index contributed by atoms with van der Waals surface area (Å²) in [5.41, 5.74) is 6.08. The van der Waals surface area contributed by atoms with Crippen LogP contribution in [0.4, 0.5) is 10.2 Å². The van der Waals surface area contributed by atoms with Crippen LogP contribution < -0.4 is 16.7 Å². The van der Waals surface area contributed by atoms with Crippen LogP contribution in [-0.2, 0) is 11.2 Å². The summed E-state index contributed by atoms with van der Waals surface area (Å²) in [4.78, 5) is 32.4. The summed E-state index contributed by atoms with van der Waals surface area (Å²) in [7, 11) is 0. The Balaban J connectivity index is 1.94. The second-order valence-electron chi connectivity index (χ2n) is 5.55. The van der Waals surface area contributed by atoms with E-state index in [0.717, 1.165) is 10.4 Å². The molecule has 3 aromatic heterocycles. The molecule has 140 valence electrons. The molecule has 0 aromatic carbocycles. The van der Waals surface area contributed by atoms with Crippen LogP contribution in [0, 0.1) is 0 Å². The number of thiazole rings is 1. The van der Waals surface area contributed by atoms with Crippen molar-refractivity contribution in [2.24, 2.45) is 5.73 Å². The fraction of sp³-hybridized carbons (Fsp3) is 0.188. The highest BCUT2D eigenvalue weighted by molar-refractivity contribution is 7.17. The van der Waals surface area contributed by atoms with Crippen LogP contribution in [0.2, 0.25) is 0 Å². The third-order valence-corrected chi connectivity index (χ3v) is 4.61. The molecule has 3 heterocycles. The highest BCUT2D eigenvalue weighted by atomic mass is 32.1. The first-order chi connectivity index (χ1) is 13.0. The van der Waals surface area contributed by atoms with Crippen molar-refractivity contribution in [1.29, 1.82) is 0 Å². The highest BCUT2D eigenvalue weighted by Crippen LogP contribution is 2.29. The van der Waals surface area contributed by atoms with Gasteiger partial charge < -0.3 is 11.1 Å². The molecule has 0 aliphatic carbocycles. The van der Waals surface area contributed by atoms with E-state index < -0.39 is 5.69 Å². The smallest absolute Gasteiger partial charge is 0.327 e. The quantitative estimate of drug-likeness (QED) is 0.584. The van der Waals surface area contributed by atoms with Crippen LogP contribution in [0.25, 0.3) is 15.6 Å². The number of hydrogen-bond acceptors (Lipinski definition) is 7. The highest BCUT2D eigenvalue weighted by Gasteiger charge is 2.16. The molecule has 11 heteroatoms. The van der Waals surface area contributed by atoms with Crippen molar-refractivity contribution >= 4 is 23.1 Å². The first kappa shape index (κ1) is 18.6. The van der Waals surface area contributed by atoms with Crippen molar-refractivity contribution in [3.8, 4) is 15.6 Å². The molecule has 0 fully saturated rings. The first-order valence-electron chi connectivity index (χ1n) is 7.86. The summed E-state index contributed by atoms with van der Waals surface area (Å²) < 4.78 is 14.1. The van der Waals surface area contributed by atoms with Gasteiger partial charge in [-0.1, -0.05) is 11.3 Å². The Morgan fingerprint density at radius 1 is 1.48 bits per heavy atom. The average molecular weight is 389 g/mol. The molecule has 0 atom stereocenters. The van der Waals surface area contributed by atoms with Gasteiger partial charge in [-0.15, -0.1) is 0 Å². The van der Waals surface area contributed by atoms with Gasteiger partial charge in [0.1, 0.15) is 11.6 Å². The molecular weight excluding hydrogens is 373 g/mol. The van der Waals surface area contributed by atoms with E-state index in [1.54, 1.807) is 24.5 Å². The van der Waals surface area contributed by atoms with E-state index in [4.69, 9.17) is 5.73 Å². The third kappa shape index (κ3) is 4.15. The van der Waals surface area contributed by atoms with Crippen LogP contribution in [0.5, 0.6) is 0 Å². The summed E-state index contributed by atoms with van der Waals surface area (Å²) in [5.74, 6) is 0.497. The molecule has 0 aliphatic heterocycles. The fourth-order valence-corrected chi connectivity index (χ4v) is 3.27. The number of aromatic nitrogens is 5. The third-order valence-electron chi connectivity index (χ3n) is 3.58. The molecule has 0 spiro atoms. The van der Waals surface area contributed by atoms with Crippen LogP contribution in [0.3, 0.4) is 0 Å². The zero-order valence-corrected chi connectivity index (χ0v) is 15.1. The Kier molecular flexibility index (Phi) is 5.52. The van der Waals surface area contributed by atoms with Crippen molar-refractivity contribution in [2.75, 3.05) is 11.9 Å². The van der Waals surface area contributed by atoms with Crippen molar-refractivity contribution in [3.63, 3.8) is 0 Å². The number of rotatable bonds is 6. The largest absolute Gasteiger partial charge is 0.349 e. The van der Waals surface area contributed by atoms with E-state index >= 15 is 0 Å². The SMILES string of the molecule is CC(=O)Nc1cc(-c2cnc(-n3c(C/C(=C\F)CN)n[nH]c3=O)s2)ccn1. The molecule has 3 aromatic rings. The van der Waals surface area contributed by atoms with Gasteiger partial charge in [-0.05, 0) is 23.3 Å². The molecule has 27 heavy (non-hydrogen) atoms. The van der Waals surface area contributed by atoms with Crippen LogP contribution >= 0.6 is 11.3 Å². The molecule has 0 aliphatic rings. The second-order valence-corrected chi connectivity index (χ2v) is 6.56. The fourth-order valence-electron chi connectivity index (χ4n) is 2.34. The predicted molar refractivity (Wildman–Crippen MR) is 99.3 cm³/mol. The minimum Gasteiger partial charge on any atom is -0.327 e. The summed E-state index contributed by atoms with van der Waals surface area (Å²) >= 11 is 1.25. The van der Waals surface area contributed by atoms with Gasteiger partial charge in [0, 0.05) is 32.3 Å². The number of carbonyl (C=O) groups excluding carboxylic acids is 1. The number of nitrogens with two attached hydrogens (primary N) is 1. The molecule has 9 nitrogen and oxygen atoms in total. The minimum atomic E-state index is -0.477. The number of amides is 1. The Labute approximate surface area is 156 Å². The van der Waals surface area contributed by atoms with Gasteiger partial charge in [0.25, 0.3) is 0 Å². The Morgan fingerprint density at radius 3 is 3.00 bits per heavy atom. The van der Waals surface area contributed by atoms with Crippen molar-refractivity contribution in [1.82, 2.24) is 24.7 Å². The van der Waals surface area contributed by atoms with E-state index in [-0.39, 0.29) is 18.9 Å². The van der Waals surface area contributed by atoms with Crippen LogP contribution in [0.1, 0.15) is 12.7 Å². The zero-order valence-electron chi connectivity index (χ0n) is 14.3. The van der Waals surface area contributed by atoms with Gasteiger partial charge >= 0.3 is 5.69 Å². The lowest BCUT2D eigenvalue weighted by molar-refractivity contribution is -0.114. The lowest BCUT2D eigenvalue weighted by atomic mass is 10.2. The number of nitrogens with zero attached hydrogens (tertiary/aromatic N) is 4. The molecule has 3 rings (SSSR count). The molecular formula is C16H16FN7O2S. The van der Waals surface area contributed by atoms with Gasteiger partial charge in [-0.25, -0.2) is 28.8 Å². The summed E-state index contributed by atoms with van der Waals surface area (Å²) in [5, 5.41) is 9.27. The van der Waals surface area contributed by atoms with E-state index in [1.807, 2.05) is 0 Å². The first-order valence-corrected chi connectivity index (χ1v) is 8.68. The van der Waals surface area contributed by atoms with E-state index in [1.165, 1.54) is 22.8 Å². The molecule has 0 saturated heterocycles. The van der Waals surface area contributed by atoms with Gasteiger partial charge in [-0.3, -0.25) is 4.79 Å². The summed E-state index contributed by atoms with van der Waals surface area (Å²) in [6, 6.07) is 3.47. The normalized spacial score (nSPS) is 11.6. The van der Waals surface area contributed by atoms with Gasteiger partial charge in [-0.2, -0.15) is 5.10 Å². The summed E-state index contributed by atoms with van der Waals surface area (Å²) in [6.07, 6.45) is 3.67. The molecule has 0 saturated carbocycles. The average Bonchev–Trinajstić information content (AvgIpc) is 3.26. The summed E-state index contributed by atoms with van der Waals surface area (Å²) in [6.45, 7) is 1.41. The minimum absolute atomic E-state index is 0.0175. The van der Waals surface area contributed by atoms with E-state index in [9.17, 15) is 14.0 Å². The maximum atomic E-state index is 12.8. The molecule has 4 N–H and O–H groups in total. The van der Waals surface area contributed by atoms with Crippen LogP contribution in [-0.4, -0.2) is 37.2 Å². The van der Waals surface area contributed by atoms with Gasteiger partial charge in [0.15, 0.2) is 5.13 Å². The number of aromatic amines is 1. The predicted octanol–water partition coefficient (Wildman–Crippen LogP) is 1.39. The lowest BCUT2D eigenvalue weighted by Gasteiger charge is -2.04. The number of halogens is 1. The number of hydrogen-bond donors (Lipinski definition) is 3. The number of anilines is 1. The zero-order chi connectivity index (χ0) is 19.4. The topological polar surface area (TPSA) is 132 Å². The lowest BCUT2D eigenvalue weighted by Crippen LogP contribution is -2.18. The van der Waals surface area contributed by atoms with E-state index in [2.05, 4.69) is 25.5 Å². The monoisotopic (exact) mass is 389 g/mol. The standard InChI is InChI=1S/C16H16FN7O2S/c1-9(25)21-13-5-11(2-3-19-13)12-8-20-16(27-12)24-14(22-23-15(24)26)4-10(6-17)7-18/h2-3,5-6,8H,4,7,18H2,1H3,(H,23,26)(H,19,21,25)/b10-6+. The molecule has 0 unspecified atom stereocenters. The number of nitrogens with one attached hydrogen (secondary N) is 2. The Bertz CT molecular complexity index is 1050. The Morgan fingerprint density at radius 2 is 2.30 bits per heavy atom. The molecule has 0 radical (unpaired) electrons. The van der Waals surface area contributed by atoms with Crippen molar-refractivity contribution in [2.45, 2.75) is 13.3 Å². The Hall–Kier alpha value is -3.18. The van der Waals surface area contributed by atoms with Crippen molar-refractivity contribution in [3.05, 3.63) is 52.7 Å². The maximum absolute atomic E-state index is 12.8. The number of carbonyl (C=O) groups is 1.